The lowest BCUT2D eigenvalue weighted by molar-refractivity contribution is -0.240. The summed E-state index contributed by atoms with van der Waals surface area (Å²) in [6, 6.07) is 0. The minimum absolute atomic E-state index is 0.0491. The van der Waals surface area contributed by atoms with E-state index in [1.165, 1.54) is 0 Å². The van der Waals surface area contributed by atoms with Crippen molar-refractivity contribution in [2.75, 3.05) is 13.2 Å². The van der Waals surface area contributed by atoms with E-state index >= 15 is 0 Å². The fraction of sp³-hybridized carbons (Fsp3) is 0.905. The molecule has 0 amide bonds. The van der Waals surface area contributed by atoms with Crippen molar-refractivity contribution in [1.29, 1.82) is 0 Å². The van der Waals surface area contributed by atoms with E-state index in [0.29, 0.717) is 24.7 Å². The highest BCUT2D eigenvalue weighted by Gasteiger charge is 2.60. The second-order valence-corrected chi connectivity index (χ2v) is 9.81. The number of esters is 2. The van der Waals surface area contributed by atoms with Gasteiger partial charge in [-0.3, -0.25) is 9.59 Å². The van der Waals surface area contributed by atoms with Gasteiger partial charge >= 0.3 is 18.1 Å². The van der Waals surface area contributed by atoms with Gasteiger partial charge in [0.15, 0.2) is 0 Å². The summed E-state index contributed by atoms with van der Waals surface area (Å²) in [6.45, 7) is 5.58. The van der Waals surface area contributed by atoms with Crippen LogP contribution in [0.1, 0.15) is 72.1 Å². The van der Waals surface area contributed by atoms with E-state index in [1.54, 1.807) is 0 Å². The van der Waals surface area contributed by atoms with Gasteiger partial charge in [0.2, 0.25) is 0 Å². The molecule has 4 rings (SSSR count). The Kier molecular flexibility index (Phi) is 5.98. The standard InChI is InChI=1S/C21H31F3O5/c1-4-18(2,3)17(26)29-20-10-14-7-15(11-20)9-19(8-14,13-20)28-6-5-27-16(25)12-21(22,23)24/h14-15H,4-13H2,1-3H3. The first-order valence-corrected chi connectivity index (χ1v) is 10.5. The van der Waals surface area contributed by atoms with Crippen molar-refractivity contribution in [2.24, 2.45) is 17.3 Å². The van der Waals surface area contributed by atoms with E-state index in [1.807, 2.05) is 20.8 Å². The Morgan fingerprint density at radius 1 is 1.00 bits per heavy atom. The molecular weight excluding hydrogens is 389 g/mol. The topological polar surface area (TPSA) is 61.8 Å². The molecule has 4 aliphatic rings. The molecule has 8 heteroatoms. The van der Waals surface area contributed by atoms with E-state index in [-0.39, 0.29) is 19.2 Å². The van der Waals surface area contributed by atoms with Crippen molar-refractivity contribution in [1.82, 2.24) is 0 Å². The van der Waals surface area contributed by atoms with Crippen LogP contribution in [0.25, 0.3) is 0 Å². The number of ether oxygens (including phenoxy) is 3. The first kappa shape index (κ1) is 22.4. The molecule has 4 fully saturated rings. The van der Waals surface area contributed by atoms with Crippen molar-refractivity contribution in [2.45, 2.75) is 89.5 Å². The number of carbonyl (C=O) groups is 2. The van der Waals surface area contributed by atoms with Gasteiger partial charge in [0, 0.05) is 6.42 Å². The summed E-state index contributed by atoms with van der Waals surface area (Å²) in [6.07, 6.45) is -0.347. The maximum atomic E-state index is 12.7. The maximum absolute atomic E-state index is 12.7. The van der Waals surface area contributed by atoms with E-state index < -0.39 is 35.2 Å². The van der Waals surface area contributed by atoms with Crippen molar-refractivity contribution in [3.8, 4) is 0 Å². The molecule has 0 aromatic rings. The highest BCUT2D eigenvalue weighted by Crippen LogP contribution is 2.60. The van der Waals surface area contributed by atoms with E-state index in [4.69, 9.17) is 9.47 Å². The van der Waals surface area contributed by atoms with Gasteiger partial charge in [-0.2, -0.15) is 13.2 Å². The second kappa shape index (κ2) is 7.75. The zero-order valence-electron chi connectivity index (χ0n) is 17.4. The molecule has 0 heterocycles. The Bertz CT molecular complexity index is 629. The lowest BCUT2D eigenvalue weighted by Crippen LogP contribution is -2.62. The van der Waals surface area contributed by atoms with Gasteiger partial charge in [-0.15, -0.1) is 0 Å². The summed E-state index contributed by atoms with van der Waals surface area (Å²) in [5, 5.41) is 0. The van der Waals surface area contributed by atoms with Crippen LogP contribution in [0.5, 0.6) is 0 Å². The number of carbonyl (C=O) groups excluding carboxylic acids is 2. The molecule has 4 bridgehead atoms. The summed E-state index contributed by atoms with van der Waals surface area (Å²) in [7, 11) is 0. The SMILES string of the molecule is CCC(C)(C)C(=O)OC12CC3CC(CC(OCCOC(=O)CC(F)(F)F)(C3)C1)C2. The smallest absolute Gasteiger partial charge is 0.399 e. The number of hydrogen-bond donors (Lipinski definition) is 0. The monoisotopic (exact) mass is 420 g/mol. The lowest BCUT2D eigenvalue weighted by Gasteiger charge is -2.61. The summed E-state index contributed by atoms with van der Waals surface area (Å²) >= 11 is 0. The van der Waals surface area contributed by atoms with Crippen LogP contribution < -0.4 is 0 Å². The highest BCUT2D eigenvalue weighted by molar-refractivity contribution is 5.76. The zero-order chi connectivity index (χ0) is 21.5. The Morgan fingerprint density at radius 3 is 2.14 bits per heavy atom. The molecule has 4 saturated carbocycles. The van der Waals surface area contributed by atoms with Crippen LogP contribution >= 0.6 is 0 Å². The fourth-order valence-electron chi connectivity index (χ4n) is 5.49. The van der Waals surface area contributed by atoms with Gasteiger partial charge in [-0.05, 0) is 64.2 Å². The molecule has 0 aromatic carbocycles. The molecule has 0 spiro atoms. The largest absolute Gasteiger partial charge is 0.463 e. The third-order valence-corrected chi connectivity index (χ3v) is 6.80. The minimum atomic E-state index is -4.57. The van der Waals surface area contributed by atoms with Gasteiger partial charge in [-0.25, -0.2) is 0 Å². The Balaban J connectivity index is 1.58. The van der Waals surface area contributed by atoms with E-state index in [9.17, 15) is 22.8 Å². The number of halogens is 3. The van der Waals surface area contributed by atoms with E-state index in [2.05, 4.69) is 4.74 Å². The van der Waals surface area contributed by atoms with Gasteiger partial charge in [0.25, 0.3) is 0 Å². The molecule has 2 unspecified atom stereocenters. The predicted octanol–water partition coefficient (Wildman–Crippen LogP) is 4.57. The molecule has 29 heavy (non-hydrogen) atoms. The normalized spacial score (nSPS) is 33.6. The average Bonchev–Trinajstić information content (AvgIpc) is 2.55. The molecule has 4 aliphatic carbocycles. The third-order valence-electron chi connectivity index (χ3n) is 6.80. The maximum Gasteiger partial charge on any atom is 0.399 e. The molecule has 5 nitrogen and oxygen atoms in total. The quantitative estimate of drug-likeness (QED) is 0.425. The van der Waals surface area contributed by atoms with Gasteiger partial charge in [-0.1, -0.05) is 6.92 Å². The number of rotatable bonds is 8. The van der Waals surface area contributed by atoms with Gasteiger partial charge in [0.1, 0.15) is 18.6 Å². The second-order valence-electron chi connectivity index (χ2n) is 9.81. The lowest BCUT2D eigenvalue weighted by atomic mass is 9.52. The summed E-state index contributed by atoms with van der Waals surface area (Å²) in [5.74, 6) is -0.639. The third kappa shape index (κ3) is 5.25. The molecule has 0 radical (unpaired) electrons. The van der Waals surface area contributed by atoms with Crippen LogP contribution in [-0.4, -0.2) is 42.5 Å². The molecular formula is C21H31F3O5. The van der Waals surface area contributed by atoms with Crippen molar-refractivity contribution in [3.05, 3.63) is 0 Å². The zero-order valence-corrected chi connectivity index (χ0v) is 17.4. The molecule has 0 N–H and O–H groups in total. The van der Waals surface area contributed by atoms with E-state index in [0.717, 1.165) is 32.1 Å². The van der Waals surface area contributed by atoms with Crippen LogP contribution in [0.4, 0.5) is 13.2 Å². The Labute approximate surface area is 169 Å². The van der Waals surface area contributed by atoms with Crippen LogP contribution in [-0.2, 0) is 23.8 Å². The van der Waals surface area contributed by atoms with Crippen molar-refractivity contribution in [3.63, 3.8) is 0 Å². The first-order chi connectivity index (χ1) is 13.4. The van der Waals surface area contributed by atoms with Crippen LogP contribution in [0.2, 0.25) is 0 Å². The predicted molar refractivity (Wildman–Crippen MR) is 97.9 cm³/mol. The van der Waals surface area contributed by atoms with Crippen molar-refractivity contribution >= 4 is 11.9 Å². The Hall–Kier alpha value is -1.31. The van der Waals surface area contributed by atoms with Gasteiger partial charge in [0.05, 0.1) is 17.6 Å². The number of hydrogen-bond acceptors (Lipinski definition) is 5. The van der Waals surface area contributed by atoms with Crippen LogP contribution in [0, 0.1) is 17.3 Å². The fourth-order valence-corrected chi connectivity index (χ4v) is 5.49. The molecule has 0 saturated heterocycles. The van der Waals surface area contributed by atoms with Crippen LogP contribution in [0.3, 0.4) is 0 Å². The highest BCUT2D eigenvalue weighted by atomic mass is 19.4. The molecule has 0 aromatic heterocycles. The summed E-state index contributed by atoms with van der Waals surface area (Å²) < 4.78 is 53.5. The molecule has 0 aliphatic heterocycles. The molecule has 2 atom stereocenters. The first-order valence-electron chi connectivity index (χ1n) is 10.5. The Morgan fingerprint density at radius 2 is 1.59 bits per heavy atom. The van der Waals surface area contributed by atoms with Crippen LogP contribution in [0.15, 0.2) is 0 Å². The van der Waals surface area contributed by atoms with Gasteiger partial charge < -0.3 is 14.2 Å². The minimum Gasteiger partial charge on any atom is -0.463 e. The number of alkyl halides is 3. The molecule has 166 valence electrons. The average molecular weight is 420 g/mol. The summed E-state index contributed by atoms with van der Waals surface area (Å²) in [4.78, 5) is 23.9. The van der Waals surface area contributed by atoms with Crippen molar-refractivity contribution < 1.29 is 37.0 Å². The summed E-state index contributed by atoms with van der Waals surface area (Å²) in [5.41, 5.74) is -1.50.